The van der Waals surface area contributed by atoms with E-state index in [0.29, 0.717) is 6.42 Å². The van der Waals surface area contributed by atoms with E-state index in [4.69, 9.17) is 4.74 Å². The van der Waals surface area contributed by atoms with E-state index < -0.39 is 36.0 Å². The summed E-state index contributed by atoms with van der Waals surface area (Å²) in [5, 5.41) is 15.2. The predicted octanol–water partition coefficient (Wildman–Crippen LogP) is 6.08. The fourth-order valence-electron chi connectivity index (χ4n) is 4.38. The first-order valence-electron chi connectivity index (χ1n) is 13.1. The summed E-state index contributed by atoms with van der Waals surface area (Å²) in [5.41, 5.74) is 3.90. The maximum Gasteiger partial charge on any atom is 0.336 e. The van der Waals surface area contributed by atoms with Crippen molar-refractivity contribution in [2.24, 2.45) is 0 Å². The Labute approximate surface area is 238 Å². The monoisotopic (exact) mass is 556 g/mol. The number of ether oxygens (including phenoxy) is 1. The first-order chi connectivity index (χ1) is 19.3. The van der Waals surface area contributed by atoms with E-state index in [1.807, 2.05) is 107 Å². The quantitative estimate of drug-likeness (QED) is 0.161. The van der Waals surface area contributed by atoms with Crippen molar-refractivity contribution in [3.8, 4) is 11.1 Å². The second kappa shape index (κ2) is 13.7. The lowest BCUT2D eigenvalue weighted by Crippen LogP contribution is -2.48. The summed E-state index contributed by atoms with van der Waals surface area (Å²) in [4.78, 5) is 39.6. The Morgan fingerprint density at radius 1 is 0.825 bits per heavy atom. The van der Waals surface area contributed by atoms with E-state index in [2.05, 4.69) is 5.32 Å². The topological polar surface area (TPSA) is 95.9 Å². The summed E-state index contributed by atoms with van der Waals surface area (Å²) >= 11 is 1.47. The largest absolute Gasteiger partial charge is 0.480 e. The smallest absolute Gasteiger partial charge is 0.336 e. The number of carboxylic acids is 1. The number of hydrogen-bond donors (Lipinski definition) is 2. The van der Waals surface area contributed by atoms with Gasteiger partial charge in [0.2, 0.25) is 0 Å². The lowest BCUT2D eigenvalue weighted by Gasteiger charge is -2.29. The summed E-state index contributed by atoms with van der Waals surface area (Å²) in [6.07, 6.45) is 0.813. The molecule has 4 aromatic rings. The Morgan fingerprint density at radius 3 is 2.05 bits per heavy atom. The minimum absolute atomic E-state index is 0.284. The molecular weight excluding hydrogens is 524 g/mol. The second-order valence-electron chi connectivity index (χ2n) is 9.45. The van der Waals surface area contributed by atoms with E-state index in [1.165, 1.54) is 18.3 Å². The standard InChI is InChI=1S/C32H32N2O5S/c1-22(33-28(30(35)36)20-15-24-10-5-3-6-11-24)31(37)39-32(38)23(2)34(29-14-9-21-40-29)27-18-16-26(17-19-27)25-12-7-4-8-13-25/h3-14,16-19,21-23,28,33H,15,20H2,1-2H3,(H,35,36)/t22-,23-,28?/m0/s1. The number of thiophene rings is 1. The van der Waals surface area contributed by atoms with Crippen molar-refractivity contribution in [3.05, 3.63) is 108 Å². The van der Waals surface area contributed by atoms with Crippen LogP contribution < -0.4 is 10.2 Å². The molecule has 2 N–H and O–H groups in total. The lowest BCUT2D eigenvalue weighted by atomic mass is 10.0. The first kappa shape index (κ1) is 28.7. The predicted molar refractivity (Wildman–Crippen MR) is 158 cm³/mol. The van der Waals surface area contributed by atoms with Gasteiger partial charge < -0.3 is 14.7 Å². The molecule has 0 fully saturated rings. The molecule has 0 spiro atoms. The molecule has 40 heavy (non-hydrogen) atoms. The van der Waals surface area contributed by atoms with Crippen LogP contribution in [0.1, 0.15) is 25.8 Å². The normalized spacial score (nSPS) is 13.2. The number of aryl methyl sites for hydroxylation is 1. The summed E-state index contributed by atoms with van der Waals surface area (Å²) in [5.74, 6) is -2.62. The number of esters is 2. The van der Waals surface area contributed by atoms with Gasteiger partial charge in [-0.15, -0.1) is 11.3 Å². The molecule has 1 unspecified atom stereocenters. The SMILES string of the molecule is C[C@H](NC(CCc1ccccc1)C(=O)O)C(=O)OC(=O)[C@H](C)N(c1ccc(-c2ccccc2)cc1)c1cccs1. The van der Waals surface area contributed by atoms with Crippen LogP contribution in [0, 0.1) is 0 Å². The van der Waals surface area contributed by atoms with Crippen molar-refractivity contribution in [1.29, 1.82) is 0 Å². The summed E-state index contributed by atoms with van der Waals surface area (Å²) < 4.78 is 5.24. The summed E-state index contributed by atoms with van der Waals surface area (Å²) in [6, 6.07) is 28.4. The van der Waals surface area contributed by atoms with Crippen LogP contribution in [0.25, 0.3) is 11.1 Å². The van der Waals surface area contributed by atoms with Crippen LogP contribution >= 0.6 is 11.3 Å². The van der Waals surface area contributed by atoms with Gasteiger partial charge in [0.25, 0.3) is 0 Å². The van der Waals surface area contributed by atoms with Crippen LogP contribution in [-0.2, 0) is 25.5 Å². The molecule has 206 valence electrons. The molecule has 0 bridgehead atoms. The molecule has 1 aromatic heterocycles. The molecule has 0 aliphatic rings. The molecule has 4 rings (SSSR count). The number of nitrogens with one attached hydrogen (secondary N) is 1. The fraction of sp³-hybridized carbons (Fsp3) is 0.219. The highest BCUT2D eigenvalue weighted by Gasteiger charge is 2.30. The van der Waals surface area contributed by atoms with Gasteiger partial charge in [0.15, 0.2) is 0 Å². The minimum Gasteiger partial charge on any atom is -0.480 e. The average Bonchev–Trinajstić information content (AvgIpc) is 3.51. The molecule has 0 aliphatic carbocycles. The molecule has 0 saturated heterocycles. The number of benzene rings is 3. The fourth-order valence-corrected chi connectivity index (χ4v) is 5.21. The molecule has 7 nitrogen and oxygen atoms in total. The summed E-state index contributed by atoms with van der Waals surface area (Å²) in [7, 11) is 0. The maximum absolute atomic E-state index is 13.2. The van der Waals surface area contributed by atoms with Gasteiger partial charge in [0.05, 0.1) is 5.00 Å². The van der Waals surface area contributed by atoms with E-state index in [0.717, 1.165) is 27.4 Å². The van der Waals surface area contributed by atoms with Crippen LogP contribution in [0.3, 0.4) is 0 Å². The Morgan fingerprint density at radius 2 is 1.45 bits per heavy atom. The van der Waals surface area contributed by atoms with Crippen LogP contribution in [0.2, 0.25) is 0 Å². The van der Waals surface area contributed by atoms with Crippen molar-refractivity contribution in [3.63, 3.8) is 0 Å². The van der Waals surface area contributed by atoms with Crippen LogP contribution in [-0.4, -0.2) is 41.1 Å². The number of aliphatic carboxylic acids is 1. The number of carbonyl (C=O) groups is 3. The van der Waals surface area contributed by atoms with Crippen LogP contribution in [0.15, 0.2) is 102 Å². The third-order valence-corrected chi connectivity index (χ3v) is 7.46. The lowest BCUT2D eigenvalue weighted by molar-refractivity contribution is -0.161. The number of carboxylic acid groups (broad SMARTS) is 1. The molecule has 0 amide bonds. The third kappa shape index (κ3) is 7.43. The number of carbonyl (C=O) groups excluding carboxylic acids is 2. The number of rotatable bonds is 12. The molecule has 8 heteroatoms. The second-order valence-corrected chi connectivity index (χ2v) is 10.4. The maximum atomic E-state index is 13.2. The highest BCUT2D eigenvalue weighted by atomic mass is 32.1. The number of anilines is 2. The Hall–Kier alpha value is -4.27. The third-order valence-electron chi connectivity index (χ3n) is 6.59. The van der Waals surface area contributed by atoms with Crippen LogP contribution in [0.5, 0.6) is 0 Å². The van der Waals surface area contributed by atoms with E-state index >= 15 is 0 Å². The van der Waals surface area contributed by atoms with Crippen molar-refractivity contribution in [2.75, 3.05) is 4.90 Å². The molecule has 0 aliphatic heterocycles. The van der Waals surface area contributed by atoms with E-state index in [-0.39, 0.29) is 6.42 Å². The van der Waals surface area contributed by atoms with Gasteiger partial charge in [-0.25, -0.2) is 9.59 Å². The van der Waals surface area contributed by atoms with E-state index in [9.17, 15) is 19.5 Å². The van der Waals surface area contributed by atoms with Gasteiger partial charge >= 0.3 is 17.9 Å². The number of nitrogens with zero attached hydrogens (tertiary/aromatic N) is 1. The number of hydrogen-bond acceptors (Lipinski definition) is 7. The van der Waals surface area contributed by atoms with Crippen LogP contribution in [0.4, 0.5) is 10.7 Å². The van der Waals surface area contributed by atoms with Crippen molar-refractivity contribution in [2.45, 2.75) is 44.8 Å². The zero-order valence-corrected chi connectivity index (χ0v) is 23.2. The minimum atomic E-state index is -1.07. The molecule has 3 atom stereocenters. The Bertz CT molecular complexity index is 1390. The van der Waals surface area contributed by atoms with Crippen molar-refractivity contribution < 1.29 is 24.2 Å². The molecule has 0 radical (unpaired) electrons. The van der Waals surface area contributed by atoms with Gasteiger partial charge in [-0.3, -0.25) is 10.1 Å². The van der Waals surface area contributed by atoms with Gasteiger partial charge in [-0.05, 0) is 73.0 Å². The molecular formula is C32H32N2O5S. The van der Waals surface area contributed by atoms with Crippen molar-refractivity contribution >= 4 is 39.9 Å². The zero-order valence-electron chi connectivity index (χ0n) is 22.4. The highest BCUT2D eigenvalue weighted by molar-refractivity contribution is 7.14. The van der Waals surface area contributed by atoms with Gasteiger partial charge in [-0.1, -0.05) is 72.8 Å². The van der Waals surface area contributed by atoms with E-state index in [1.54, 1.807) is 6.92 Å². The first-order valence-corrected chi connectivity index (χ1v) is 14.0. The highest BCUT2D eigenvalue weighted by Crippen LogP contribution is 2.33. The zero-order chi connectivity index (χ0) is 28.5. The summed E-state index contributed by atoms with van der Waals surface area (Å²) in [6.45, 7) is 3.18. The Balaban J connectivity index is 1.42. The van der Waals surface area contributed by atoms with Gasteiger partial charge in [-0.2, -0.15) is 0 Å². The van der Waals surface area contributed by atoms with Gasteiger partial charge in [0.1, 0.15) is 18.1 Å². The van der Waals surface area contributed by atoms with Gasteiger partial charge in [0, 0.05) is 5.69 Å². The van der Waals surface area contributed by atoms with Crippen molar-refractivity contribution in [1.82, 2.24) is 5.32 Å². The Kier molecular flexibility index (Phi) is 9.83. The molecule has 3 aromatic carbocycles. The molecule has 1 heterocycles. The molecule has 0 saturated carbocycles. The average molecular weight is 557 g/mol.